The number of rotatable bonds is 4. The van der Waals surface area contributed by atoms with Crippen LogP contribution in [0.25, 0.3) is 15.9 Å². The molecule has 0 saturated carbocycles. The molecule has 0 spiro atoms. The summed E-state index contributed by atoms with van der Waals surface area (Å²) in [7, 11) is 0. The highest BCUT2D eigenvalue weighted by Crippen LogP contribution is 2.26. The van der Waals surface area contributed by atoms with Gasteiger partial charge in [-0.3, -0.25) is 14.5 Å². The van der Waals surface area contributed by atoms with E-state index in [0.717, 1.165) is 28.4 Å². The summed E-state index contributed by atoms with van der Waals surface area (Å²) >= 11 is 8.02. The maximum absolute atomic E-state index is 12.8. The van der Waals surface area contributed by atoms with E-state index < -0.39 is 0 Å². The summed E-state index contributed by atoms with van der Waals surface area (Å²) in [6.07, 6.45) is 1.65. The maximum atomic E-state index is 12.8. The zero-order valence-corrected chi connectivity index (χ0v) is 19.9. The first-order chi connectivity index (χ1) is 15.9. The van der Waals surface area contributed by atoms with Crippen molar-refractivity contribution < 1.29 is 0 Å². The van der Waals surface area contributed by atoms with Gasteiger partial charge in [-0.25, -0.2) is 4.98 Å². The molecule has 170 valence electrons. The first-order valence-electron chi connectivity index (χ1n) is 10.7. The van der Waals surface area contributed by atoms with Crippen molar-refractivity contribution in [2.24, 2.45) is 0 Å². The summed E-state index contributed by atoms with van der Waals surface area (Å²) in [5.74, 6) is 0.673. The fourth-order valence-corrected chi connectivity index (χ4v) is 5.43. The number of hydrogen-bond acceptors (Lipinski definition) is 7. The minimum Gasteiger partial charge on any atom is -0.366 e. The Hall–Kier alpha value is -3.01. The van der Waals surface area contributed by atoms with Crippen LogP contribution in [0.15, 0.2) is 46.1 Å². The molecular formula is C23H23ClN6O2S. The third kappa shape index (κ3) is 4.07. The van der Waals surface area contributed by atoms with Crippen molar-refractivity contribution in [1.29, 1.82) is 0 Å². The van der Waals surface area contributed by atoms with E-state index in [2.05, 4.69) is 24.9 Å². The number of para-hydroxylation sites is 1. The molecule has 0 atom stereocenters. The molecule has 4 heterocycles. The van der Waals surface area contributed by atoms with Crippen LogP contribution in [0.5, 0.6) is 0 Å². The van der Waals surface area contributed by atoms with E-state index >= 15 is 0 Å². The number of benzene rings is 1. The number of anilines is 1. The second-order valence-corrected chi connectivity index (χ2v) is 9.72. The molecule has 8 nitrogen and oxygen atoms in total. The Morgan fingerprint density at radius 3 is 2.55 bits per heavy atom. The summed E-state index contributed by atoms with van der Waals surface area (Å²) in [5.41, 5.74) is 1.91. The molecule has 1 fully saturated rings. The Labute approximate surface area is 199 Å². The monoisotopic (exact) mass is 482 g/mol. The molecule has 1 saturated heterocycles. The first-order valence-corrected chi connectivity index (χ1v) is 11.9. The molecule has 1 aromatic carbocycles. The molecule has 1 aliphatic rings. The van der Waals surface area contributed by atoms with E-state index in [0.29, 0.717) is 42.2 Å². The highest BCUT2D eigenvalue weighted by Gasteiger charge is 2.22. The molecule has 4 aromatic rings. The Morgan fingerprint density at radius 2 is 1.82 bits per heavy atom. The van der Waals surface area contributed by atoms with Gasteiger partial charge in [0.2, 0.25) is 0 Å². The molecule has 10 heteroatoms. The van der Waals surface area contributed by atoms with Crippen molar-refractivity contribution in [3.63, 3.8) is 0 Å². The lowest BCUT2D eigenvalue weighted by atomic mass is 10.2. The number of nitrogens with zero attached hydrogens (tertiary/aromatic N) is 5. The van der Waals surface area contributed by atoms with Crippen molar-refractivity contribution in [1.82, 2.24) is 24.6 Å². The minimum absolute atomic E-state index is 0.0766. The second kappa shape index (κ2) is 8.74. The van der Waals surface area contributed by atoms with Crippen LogP contribution in [0.4, 0.5) is 5.69 Å². The fraction of sp³-hybridized carbons (Fsp3) is 0.304. The highest BCUT2D eigenvalue weighted by molar-refractivity contribution is 7.18. The van der Waals surface area contributed by atoms with Crippen molar-refractivity contribution in [2.75, 3.05) is 31.1 Å². The Balaban J connectivity index is 1.30. The Bertz CT molecular complexity index is 1440. The molecule has 0 unspecified atom stereocenters. The quantitative estimate of drug-likeness (QED) is 0.481. The van der Waals surface area contributed by atoms with E-state index in [1.165, 1.54) is 4.68 Å². The van der Waals surface area contributed by atoms with E-state index in [1.54, 1.807) is 17.5 Å². The van der Waals surface area contributed by atoms with Crippen LogP contribution in [0.1, 0.15) is 16.3 Å². The Morgan fingerprint density at radius 1 is 1.09 bits per heavy atom. The zero-order valence-electron chi connectivity index (χ0n) is 18.3. The standard InChI is InChI=1S/C23H23ClN6O2S/c1-14-15(2)33-22-19(14)21(31)26-18(27-22)13-28-8-10-29(11-9-28)17-12-25-30(23(32)20(17)24)16-6-4-3-5-7-16/h3-7,12H,8-11,13H2,1-2H3,(H,26,27,31). The Kier molecular flexibility index (Phi) is 5.77. The fourth-order valence-electron chi connectivity index (χ4n) is 4.13. The van der Waals surface area contributed by atoms with Crippen LogP contribution < -0.4 is 16.0 Å². The van der Waals surface area contributed by atoms with Gasteiger partial charge < -0.3 is 9.88 Å². The lowest BCUT2D eigenvalue weighted by molar-refractivity contribution is 0.244. The number of H-pyrrole nitrogens is 1. The van der Waals surface area contributed by atoms with Crippen molar-refractivity contribution in [2.45, 2.75) is 20.4 Å². The normalized spacial score (nSPS) is 14.8. The number of nitrogens with one attached hydrogen (secondary N) is 1. The largest absolute Gasteiger partial charge is 0.366 e. The first kappa shape index (κ1) is 21.8. The van der Waals surface area contributed by atoms with Gasteiger partial charge in [0.25, 0.3) is 11.1 Å². The molecule has 0 bridgehead atoms. The third-order valence-corrected chi connectivity index (χ3v) is 7.53. The number of thiophene rings is 1. The summed E-state index contributed by atoms with van der Waals surface area (Å²) < 4.78 is 1.31. The number of aryl methyl sites for hydroxylation is 2. The van der Waals surface area contributed by atoms with Gasteiger partial charge in [-0.1, -0.05) is 29.8 Å². The summed E-state index contributed by atoms with van der Waals surface area (Å²) in [4.78, 5) is 39.2. The molecule has 0 aliphatic carbocycles. The number of fused-ring (bicyclic) bond motifs is 1. The molecule has 1 N–H and O–H groups in total. The molecule has 3 aromatic heterocycles. The second-order valence-electron chi connectivity index (χ2n) is 8.14. The SMILES string of the molecule is Cc1sc2nc(CN3CCN(c4cnn(-c5ccccc5)c(=O)c4Cl)CC3)[nH]c(=O)c2c1C. The van der Waals surface area contributed by atoms with Crippen LogP contribution in [0.3, 0.4) is 0 Å². The number of aromatic nitrogens is 4. The predicted octanol–water partition coefficient (Wildman–Crippen LogP) is 3.12. The average Bonchev–Trinajstić information content (AvgIpc) is 3.10. The highest BCUT2D eigenvalue weighted by atomic mass is 35.5. The van der Waals surface area contributed by atoms with Gasteiger partial charge in [-0.05, 0) is 31.5 Å². The van der Waals surface area contributed by atoms with Gasteiger partial charge in [0.15, 0.2) is 0 Å². The van der Waals surface area contributed by atoms with Crippen LogP contribution in [0, 0.1) is 13.8 Å². The lowest BCUT2D eigenvalue weighted by Crippen LogP contribution is -2.46. The van der Waals surface area contributed by atoms with Crippen LogP contribution in [0.2, 0.25) is 5.02 Å². The molecular weight excluding hydrogens is 460 g/mol. The maximum Gasteiger partial charge on any atom is 0.292 e. The van der Waals surface area contributed by atoms with Crippen molar-refractivity contribution >= 4 is 38.8 Å². The van der Waals surface area contributed by atoms with Crippen LogP contribution in [-0.4, -0.2) is 50.8 Å². The molecule has 0 radical (unpaired) electrons. The molecule has 0 amide bonds. The molecule has 33 heavy (non-hydrogen) atoms. The van der Waals surface area contributed by atoms with E-state index in [-0.39, 0.29) is 16.1 Å². The van der Waals surface area contributed by atoms with Gasteiger partial charge in [0.1, 0.15) is 15.7 Å². The third-order valence-electron chi connectivity index (χ3n) is 6.08. The van der Waals surface area contributed by atoms with Crippen LogP contribution >= 0.6 is 22.9 Å². The lowest BCUT2D eigenvalue weighted by Gasteiger charge is -2.35. The van der Waals surface area contributed by atoms with E-state index in [4.69, 9.17) is 11.6 Å². The number of hydrogen-bond donors (Lipinski definition) is 1. The van der Waals surface area contributed by atoms with Crippen molar-refractivity contribution in [3.8, 4) is 5.69 Å². The van der Waals surface area contributed by atoms with E-state index in [9.17, 15) is 9.59 Å². The average molecular weight is 483 g/mol. The summed E-state index contributed by atoms with van der Waals surface area (Å²) in [6.45, 7) is 7.43. The zero-order chi connectivity index (χ0) is 23.1. The number of halogens is 1. The number of aromatic amines is 1. The van der Waals surface area contributed by atoms with Gasteiger partial charge in [0, 0.05) is 31.1 Å². The van der Waals surface area contributed by atoms with Gasteiger partial charge in [-0.2, -0.15) is 9.78 Å². The minimum atomic E-state index is -0.334. The predicted molar refractivity (Wildman–Crippen MR) is 132 cm³/mol. The van der Waals surface area contributed by atoms with Gasteiger partial charge in [-0.15, -0.1) is 11.3 Å². The summed E-state index contributed by atoms with van der Waals surface area (Å²) in [6, 6.07) is 9.22. The van der Waals surface area contributed by atoms with Gasteiger partial charge in [0.05, 0.1) is 29.5 Å². The molecule has 1 aliphatic heterocycles. The van der Waals surface area contributed by atoms with Crippen LogP contribution in [-0.2, 0) is 6.54 Å². The summed E-state index contributed by atoms with van der Waals surface area (Å²) in [5, 5.41) is 5.20. The topological polar surface area (TPSA) is 87.1 Å². The van der Waals surface area contributed by atoms with E-state index in [1.807, 2.05) is 44.2 Å². The molecule has 5 rings (SSSR count). The van der Waals surface area contributed by atoms with Gasteiger partial charge >= 0.3 is 0 Å². The smallest absolute Gasteiger partial charge is 0.292 e. The number of piperazine rings is 1. The van der Waals surface area contributed by atoms with Crippen molar-refractivity contribution in [3.05, 3.63) is 78.5 Å².